The van der Waals surface area contributed by atoms with Gasteiger partial charge < -0.3 is 14.4 Å². The van der Waals surface area contributed by atoms with Crippen LogP contribution in [-0.2, 0) is 14.3 Å². The van der Waals surface area contributed by atoms with Crippen LogP contribution in [0.5, 0.6) is 0 Å². The van der Waals surface area contributed by atoms with Crippen LogP contribution >= 0.6 is 0 Å². The summed E-state index contributed by atoms with van der Waals surface area (Å²) in [7, 11) is 1.47. The van der Waals surface area contributed by atoms with E-state index in [9.17, 15) is 19.5 Å². The summed E-state index contributed by atoms with van der Waals surface area (Å²) >= 11 is 0. The number of methoxy groups -OCH3 is 1. The summed E-state index contributed by atoms with van der Waals surface area (Å²) in [6.07, 6.45) is 1.38. The number of carboxylic acids is 1. The molecular weight excluding hydrogens is 430 g/mol. The molecule has 0 spiro atoms. The minimum atomic E-state index is -0.980. The highest BCUT2D eigenvalue weighted by Gasteiger charge is 2.27. The molecule has 1 aromatic heterocycles. The highest BCUT2D eigenvalue weighted by Crippen LogP contribution is 2.32. The molecule has 0 aliphatic rings. The van der Waals surface area contributed by atoms with Gasteiger partial charge in [-0.1, -0.05) is 42.5 Å². The standard InChI is InChI=1S/C28H31NO5/c1-18-11-12-29(26(31)13-18)24(17-34-4)25(30)15-23(16-27(32)33)21-9-6-10-22(14-21)28-19(2)7-5-8-20(28)3/h5-14,23-24H,15-17H2,1-4H3,(H,32,33). The molecule has 0 aliphatic carbocycles. The Morgan fingerprint density at radius 2 is 1.65 bits per heavy atom. The number of aliphatic carboxylic acids is 1. The van der Waals surface area contributed by atoms with E-state index in [2.05, 4.69) is 0 Å². The van der Waals surface area contributed by atoms with Crippen molar-refractivity contribution in [1.82, 2.24) is 4.57 Å². The summed E-state index contributed by atoms with van der Waals surface area (Å²) < 4.78 is 6.60. The van der Waals surface area contributed by atoms with Gasteiger partial charge in [0.25, 0.3) is 5.56 Å². The lowest BCUT2D eigenvalue weighted by Crippen LogP contribution is -2.33. The third-order valence-corrected chi connectivity index (χ3v) is 6.13. The smallest absolute Gasteiger partial charge is 0.303 e. The zero-order chi connectivity index (χ0) is 24.8. The van der Waals surface area contributed by atoms with Crippen LogP contribution in [-0.4, -0.2) is 35.1 Å². The summed E-state index contributed by atoms with van der Waals surface area (Å²) in [5, 5.41) is 9.58. The van der Waals surface area contributed by atoms with Crippen molar-refractivity contribution in [2.45, 2.75) is 45.6 Å². The Hall–Kier alpha value is -3.51. The van der Waals surface area contributed by atoms with Crippen molar-refractivity contribution < 1.29 is 19.4 Å². The van der Waals surface area contributed by atoms with E-state index >= 15 is 0 Å². The lowest BCUT2D eigenvalue weighted by molar-refractivity contribution is -0.137. The number of ketones is 1. The van der Waals surface area contributed by atoms with E-state index in [1.54, 1.807) is 12.3 Å². The molecule has 2 aromatic carbocycles. The Morgan fingerprint density at radius 1 is 0.971 bits per heavy atom. The molecule has 1 heterocycles. The minimum Gasteiger partial charge on any atom is -0.481 e. The summed E-state index contributed by atoms with van der Waals surface area (Å²) in [5.74, 6) is -1.75. The largest absolute Gasteiger partial charge is 0.481 e. The maximum absolute atomic E-state index is 13.4. The van der Waals surface area contributed by atoms with Gasteiger partial charge in [0.05, 0.1) is 13.0 Å². The molecule has 0 bridgehead atoms. The highest BCUT2D eigenvalue weighted by atomic mass is 16.5. The second kappa shape index (κ2) is 11.1. The van der Waals surface area contributed by atoms with E-state index in [0.717, 1.165) is 33.4 Å². The molecule has 1 N–H and O–H groups in total. The van der Waals surface area contributed by atoms with Crippen LogP contribution < -0.4 is 5.56 Å². The van der Waals surface area contributed by atoms with Crippen LogP contribution in [0.2, 0.25) is 0 Å². The van der Waals surface area contributed by atoms with E-state index in [0.29, 0.717) is 0 Å². The lowest BCUT2D eigenvalue weighted by atomic mass is 9.86. The zero-order valence-corrected chi connectivity index (χ0v) is 20.1. The molecule has 6 nitrogen and oxygen atoms in total. The van der Waals surface area contributed by atoms with Gasteiger partial charge in [0.2, 0.25) is 0 Å². The maximum Gasteiger partial charge on any atom is 0.303 e. The number of aryl methyl sites for hydroxylation is 3. The molecule has 3 aromatic rings. The number of hydrogen-bond acceptors (Lipinski definition) is 4. The molecule has 2 unspecified atom stereocenters. The second-order valence-electron chi connectivity index (χ2n) is 8.78. The first-order chi connectivity index (χ1) is 16.2. The Labute approximate surface area is 199 Å². The minimum absolute atomic E-state index is 0.0170. The molecule has 0 saturated heterocycles. The van der Waals surface area contributed by atoms with Gasteiger partial charge in [0.1, 0.15) is 6.04 Å². The number of aromatic nitrogens is 1. The van der Waals surface area contributed by atoms with Gasteiger partial charge in [-0.3, -0.25) is 14.4 Å². The normalized spacial score (nSPS) is 12.8. The molecule has 6 heteroatoms. The lowest BCUT2D eigenvalue weighted by Gasteiger charge is -2.22. The van der Waals surface area contributed by atoms with Gasteiger partial charge in [0, 0.05) is 31.7 Å². The summed E-state index contributed by atoms with van der Waals surface area (Å²) in [5.41, 5.74) is 5.64. The van der Waals surface area contributed by atoms with Crippen molar-refractivity contribution in [3.8, 4) is 11.1 Å². The molecule has 0 fully saturated rings. The van der Waals surface area contributed by atoms with Crippen LogP contribution in [0, 0.1) is 20.8 Å². The van der Waals surface area contributed by atoms with Crippen molar-refractivity contribution in [1.29, 1.82) is 0 Å². The molecule has 0 aliphatic heterocycles. The fourth-order valence-electron chi connectivity index (χ4n) is 4.45. The first-order valence-corrected chi connectivity index (χ1v) is 11.3. The number of pyridine rings is 1. The quantitative estimate of drug-likeness (QED) is 0.467. The highest BCUT2D eigenvalue weighted by molar-refractivity contribution is 5.84. The van der Waals surface area contributed by atoms with Crippen LogP contribution in [0.1, 0.15) is 47.1 Å². The van der Waals surface area contributed by atoms with Gasteiger partial charge in [0.15, 0.2) is 5.78 Å². The van der Waals surface area contributed by atoms with E-state index in [4.69, 9.17) is 4.74 Å². The third-order valence-electron chi connectivity index (χ3n) is 6.13. The number of ether oxygens (including phenoxy) is 1. The fraction of sp³-hybridized carbons (Fsp3) is 0.321. The number of Topliss-reactive ketones (excluding diaryl/α,β-unsaturated/α-hetero) is 1. The zero-order valence-electron chi connectivity index (χ0n) is 20.1. The van der Waals surface area contributed by atoms with Gasteiger partial charge in [-0.05, 0) is 60.2 Å². The van der Waals surface area contributed by atoms with Crippen LogP contribution in [0.15, 0.2) is 65.6 Å². The Kier molecular flexibility index (Phi) is 8.18. The van der Waals surface area contributed by atoms with Crippen molar-refractivity contribution in [3.63, 3.8) is 0 Å². The average Bonchev–Trinajstić information content (AvgIpc) is 2.77. The molecular formula is C28H31NO5. The van der Waals surface area contributed by atoms with E-state index in [1.165, 1.54) is 17.7 Å². The van der Waals surface area contributed by atoms with Crippen molar-refractivity contribution in [2.75, 3.05) is 13.7 Å². The van der Waals surface area contributed by atoms with Gasteiger partial charge >= 0.3 is 5.97 Å². The van der Waals surface area contributed by atoms with Crippen molar-refractivity contribution >= 4 is 11.8 Å². The topological polar surface area (TPSA) is 85.6 Å². The van der Waals surface area contributed by atoms with E-state index in [1.807, 2.05) is 63.2 Å². The van der Waals surface area contributed by atoms with Crippen LogP contribution in [0.4, 0.5) is 0 Å². The number of carbonyl (C=O) groups excluding carboxylic acids is 1. The Balaban J connectivity index is 1.96. The first-order valence-electron chi connectivity index (χ1n) is 11.3. The second-order valence-corrected chi connectivity index (χ2v) is 8.78. The predicted octanol–water partition coefficient (Wildman–Crippen LogP) is 4.85. The number of carbonyl (C=O) groups is 2. The van der Waals surface area contributed by atoms with Gasteiger partial charge in [-0.25, -0.2) is 0 Å². The summed E-state index contributed by atoms with van der Waals surface area (Å²) in [6, 6.07) is 16.2. The Morgan fingerprint density at radius 3 is 2.26 bits per heavy atom. The number of carboxylic acid groups (broad SMARTS) is 1. The molecule has 0 radical (unpaired) electrons. The molecule has 34 heavy (non-hydrogen) atoms. The van der Waals surface area contributed by atoms with Crippen molar-refractivity contribution in [2.24, 2.45) is 0 Å². The van der Waals surface area contributed by atoms with Gasteiger partial charge in [-0.15, -0.1) is 0 Å². The van der Waals surface area contributed by atoms with E-state index in [-0.39, 0.29) is 30.8 Å². The molecule has 2 atom stereocenters. The monoisotopic (exact) mass is 461 g/mol. The summed E-state index contributed by atoms with van der Waals surface area (Å²) in [6.45, 7) is 5.93. The molecule has 0 saturated carbocycles. The van der Waals surface area contributed by atoms with E-state index < -0.39 is 17.9 Å². The van der Waals surface area contributed by atoms with Crippen molar-refractivity contribution in [3.05, 3.63) is 93.4 Å². The van der Waals surface area contributed by atoms with Gasteiger partial charge in [-0.2, -0.15) is 0 Å². The predicted molar refractivity (Wildman–Crippen MR) is 132 cm³/mol. The fourth-order valence-corrected chi connectivity index (χ4v) is 4.45. The van der Waals surface area contributed by atoms with Crippen LogP contribution in [0.3, 0.4) is 0 Å². The SMILES string of the molecule is COCC(C(=O)CC(CC(=O)O)c1cccc(-c2c(C)cccc2C)c1)n1ccc(C)cc1=O. The maximum atomic E-state index is 13.4. The average molecular weight is 462 g/mol. The molecule has 3 rings (SSSR count). The molecule has 178 valence electrons. The van der Waals surface area contributed by atoms with Crippen LogP contribution in [0.25, 0.3) is 11.1 Å². The first kappa shape index (κ1) is 25.1. The summed E-state index contributed by atoms with van der Waals surface area (Å²) in [4.78, 5) is 37.6. The third kappa shape index (κ3) is 5.88. The number of hydrogen-bond donors (Lipinski definition) is 1. The Bertz CT molecular complexity index is 1220. The number of rotatable bonds is 10. The molecule has 0 amide bonds. The number of nitrogens with zero attached hydrogens (tertiary/aromatic N) is 1. The number of benzene rings is 2.